The molecule has 0 aliphatic rings. The van der Waals surface area contributed by atoms with Crippen molar-refractivity contribution in [2.75, 3.05) is 0 Å². The number of aromatic nitrogens is 2. The van der Waals surface area contributed by atoms with E-state index in [9.17, 15) is 17.6 Å². The van der Waals surface area contributed by atoms with Crippen LogP contribution < -0.4 is 10.0 Å². The molecule has 168 valence electrons. The number of imidazole rings is 1. The van der Waals surface area contributed by atoms with Gasteiger partial charge in [-0.15, -0.1) is 0 Å². The summed E-state index contributed by atoms with van der Waals surface area (Å²) in [4.78, 5) is 16.5. The molecule has 0 atom stereocenters. The first kappa shape index (κ1) is 22.4. The number of benzene rings is 3. The Morgan fingerprint density at radius 1 is 0.939 bits per heavy atom. The zero-order valence-electron chi connectivity index (χ0n) is 17.5. The SMILES string of the molecule is O=C(NCc1ccc(-n2ccnc2)c(F)c1)c1cccc(S(=O)(=O)NCc2ccccc2)c1. The highest BCUT2D eigenvalue weighted by atomic mass is 32.2. The number of amides is 1. The summed E-state index contributed by atoms with van der Waals surface area (Å²) in [5.41, 5.74) is 1.93. The minimum absolute atomic E-state index is 0.0122. The Labute approximate surface area is 191 Å². The minimum atomic E-state index is -3.80. The van der Waals surface area contributed by atoms with E-state index in [1.807, 2.05) is 30.3 Å². The average molecular weight is 465 g/mol. The van der Waals surface area contributed by atoms with E-state index in [-0.39, 0.29) is 23.5 Å². The molecule has 2 N–H and O–H groups in total. The van der Waals surface area contributed by atoms with E-state index in [1.54, 1.807) is 29.1 Å². The molecular formula is C24H21FN4O3S. The molecule has 0 aliphatic heterocycles. The van der Waals surface area contributed by atoms with Gasteiger partial charge in [-0.2, -0.15) is 0 Å². The number of halogens is 1. The van der Waals surface area contributed by atoms with E-state index < -0.39 is 21.7 Å². The molecule has 0 unspecified atom stereocenters. The fraction of sp³-hybridized carbons (Fsp3) is 0.0833. The summed E-state index contributed by atoms with van der Waals surface area (Å²) in [5, 5.41) is 2.69. The van der Waals surface area contributed by atoms with Crippen LogP contribution in [0.5, 0.6) is 0 Å². The molecule has 0 fully saturated rings. The molecule has 4 aromatic rings. The molecular weight excluding hydrogens is 443 g/mol. The smallest absolute Gasteiger partial charge is 0.251 e. The molecule has 0 saturated carbocycles. The molecule has 0 saturated heterocycles. The maximum Gasteiger partial charge on any atom is 0.251 e. The zero-order chi connectivity index (χ0) is 23.3. The largest absolute Gasteiger partial charge is 0.348 e. The summed E-state index contributed by atoms with van der Waals surface area (Å²) in [6, 6.07) is 19.5. The van der Waals surface area contributed by atoms with Crippen molar-refractivity contribution in [3.05, 3.63) is 114 Å². The Bertz CT molecular complexity index is 1360. The summed E-state index contributed by atoms with van der Waals surface area (Å²) in [6.07, 6.45) is 4.68. The quantitative estimate of drug-likeness (QED) is 0.418. The van der Waals surface area contributed by atoms with Gasteiger partial charge in [0.25, 0.3) is 5.91 Å². The van der Waals surface area contributed by atoms with Crippen molar-refractivity contribution in [1.82, 2.24) is 19.6 Å². The zero-order valence-corrected chi connectivity index (χ0v) is 18.3. The normalized spacial score (nSPS) is 11.3. The number of rotatable bonds is 8. The molecule has 9 heteroatoms. The van der Waals surface area contributed by atoms with Gasteiger partial charge in [-0.3, -0.25) is 4.79 Å². The molecule has 0 radical (unpaired) electrons. The van der Waals surface area contributed by atoms with E-state index in [0.717, 1.165) is 5.56 Å². The number of hydrogen-bond acceptors (Lipinski definition) is 4. The summed E-state index contributed by atoms with van der Waals surface area (Å²) < 4.78 is 43.8. The van der Waals surface area contributed by atoms with Crippen molar-refractivity contribution in [2.45, 2.75) is 18.0 Å². The van der Waals surface area contributed by atoms with Gasteiger partial charge >= 0.3 is 0 Å². The topological polar surface area (TPSA) is 93.1 Å². The average Bonchev–Trinajstić information content (AvgIpc) is 3.37. The molecule has 1 aromatic heterocycles. The lowest BCUT2D eigenvalue weighted by Gasteiger charge is -2.10. The molecule has 0 bridgehead atoms. The molecule has 0 spiro atoms. The van der Waals surface area contributed by atoms with E-state index in [4.69, 9.17) is 0 Å². The first-order chi connectivity index (χ1) is 15.9. The fourth-order valence-corrected chi connectivity index (χ4v) is 4.28. The van der Waals surface area contributed by atoms with Crippen LogP contribution in [-0.2, 0) is 23.1 Å². The Morgan fingerprint density at radius 2 is 1.76 bits per heavy atom. The van der Waals surface area contributed by atoms with Crippen molar-refractivity contribution in [3.8, 4) is 5.69 Å². The van der Waals surface area contributed by atoms with Gasteiger partial charge in [0.05, 0.1) is 16.9 Å². The van der Waals surface area contributed by atoms with Crippen LogP contribution in [0.15, 0.2) is 96.4 Å². The number of nitrogens with zero attached hydrogens (tertiary/aromatic N) is 2. The molecule has 1 amide bonds. The second kappa shape index (κ2) is 9.76. The van der Waals surface area contributed by atoms with Gasteiger partial charge in [0, 0.05) is 31.0 Å². The van der Waals surface area contributed by atoms with Gasteiger partial charge in [0.1, 0.15) is 5.82 Å². The number of carbonyl (C=O) groups excluding carboxylic acids is 1. The van der Waals surface area contributed by atoms with Gasteiger partial charge in [-0.25, -0.2) is 22.5 Å². The number of hydrogen-bond donors (Lipinski definition) is 2. The Morgan fingerprint density at radius 3 is 2.48 bits per heavy atom. The van der Waals surface area contributed by atoms with Gasteiger partial charge < -0.3 is 9.88 Å². The monoisotopic (exact) mass is 464 g/mol. The van der Waals surface area contributed by atoms with Crippen LogP contribution >= 0.6 is 0 Å². The summed E-state index contributed by atoms with van der Waals surface area (Å²) in [7, 11) is -3.80. The lowest BCUT2D eigenvalue weighted by molar-refractivity contribution is 0.0950. The van der Waals surface area contributed by atoms with Crippen LogP contribution in [-0.4, -0.2) is 23.9 Å². The van der Waals surface area contributed by atoms with E-state index in [0.29, 0.717) is 11.3 Å². The van der Waals surface area contributed by atoms with Crippen molar-refractivity contribution in [3.63, 3.8) is 0 Å². The van der Waals surface area contributed by atoms with Gasteiger partial charge in [0.2, 0.25) is 10.0 Å². The number of nitrogens with one attached hydrogen (secondary N) is 2. The minimum Gasteiger partial charge on any atom is -0.348 e. The van der Waals surface area contributed by atoms with Crippen LogP contribution in [0, 0.1) is 5.82 Å². The fourth-order valence-electron chi connectivity index (χ4n) is 3.22. The van der Waals surface area contributed by atoms with Crippen molar-refractivity contribution < 1.29 is 17.6 Å². The van der Waals surface area contributed by atoms with Crippen LogP contribution in [0.2, 0.25) is 0 Å². The van der Waals surface area contributed by atoms with Crippen molar-refractivity contribution in [1.29, 1.82) is 0 Å². The molecule has 1 heterocycles. The molecule has 7 nitrogen and oxygen atoms in total. The van der Waals surface area contributed by atoms with Gasteiger partial charge in [-0.05, 0) is 41.5 Å². The number of carbonyl (C=O) groups is 1. The first-order valence-electron chi connectivity index (χ1n) is 10.1. The molecule has 33 heavy (non-hydrogen) atoms. The predicted molar refractivity (Wildman–Crippen MR) is 122 cm³/mol. The highest BCUT2D eigenvalue weighted by Crippen LogP contribution is 2.16. The van der Waals surface area contributed by atoms with E-state index >= 15 is 0 Å². The summed E-state index contributed by atoms with van der Waals surface area (Å²) in [6.45, 7) is 0.226. The Hall–Kier alpha value is -3.82. The van der Waals surface area contributed by atoms with Crippen molar-refractivity contribution in [2.24, 2.45) is 0 Å². The van der Waals surface area contributed by atoms with Crippen LogP contribution in [0.4, 0.5) is 4.39 Å². The third-order valence-corrected chi connectivity index (χ3v) is 6.36. The first-order valence-corrected chi connectivity index (χ1v) is 11.6. The second-order valence-corrected chi connectivity index (χ2v) is 9.04. The van der Waals surface area contributed by atoms with E-state index in [1.165, 1.54) is 36.7 Å². The lowest BCUT2D eigenvalue weighted by Crippen LogP contribution is -2.25. The molecule has 4 rings (SSSR count). The van der Waals surface area contributed by atoms with Gasteiger partial charge in [-0.1, -0.05) is 42.5 Å². The maximum absolute atomic E-state index is 14.4. The lowest BCUT2D eigenvalue weighted by atomic mass is 10.1. The Balaban J connectivity index is 1.41. The van der Waals surface area contributed by atoms with Crippen LogP contribution in [0.25, 0.3) is 5.69 Å². The van der Waals surface area contributed by atoms with E-state index in [2.05, 4.69) is 15.0 Å². The number of sulfonamides is 1. The second-order valence-electron chi connectivity index (χ2n) is 7.28. The summed E-state index contributed by atoms with van der Waals surface area (Å²) in [5.74, 6) is -0.911. The standard InChI is InChI=1S/C24H21FN4O3S/c25-22-13-19(9-10-23(22)29-12-11-26-17-29)15-27-24(30)20-7-4-8-21(14-20)33(31,32)28-16-18-5-2-1-3-6-18/h1-14,17,28H,15-16H2,(H,27,30). The third kappa shape index (κ3) is 5.51. The highest BCUT2D eigenvalue weighted by molar-refractivity contribution is 7.89. The summed E-state index contributed by atoms with van der Waals surface area (Å²) >= 11 is 0. The van der Waals surface area contributed by atoms with Crippen LogP contribution in [0.1, 0.15) is 21.5 Å². The highest BCUT2D eigenvalue weighted by Gasteiger charge is 2.16. The van der Waals surface area contributed by atoms with Gasteiger partial charge in [0.15, 0.2) is 0 Å². The molecule has 0 aliphatic carbocycles. The maximum atomic E-state index is 14.4. The predicted octanol–water partition coefficient (Wildman–Crippen LogP) is 3.42. The third-order valence-electron chi connectivity index (χ3n) is 4.96. The Kier molecular flexibility index (Phi) is 6.62. The van der Waals surface area contributed by atoms with Crippen molar-refractivity contribution >= 4 is 15.9 Å². The van der Waals surface area contributed by atoms with Crippen LogP contribution in [0.3, 0.4) is 0 Å². The molecule has 3 aromatic carbocycles.